The molecular formula is C26H24N2O4. The van der Waals surface area contributed by atoms with Crippen molar-refractivity contribution in [2.24, 2.45) is 0 Å². The molecule has 0 saturated carbocycles. The predicted octanol–water partition coefficient (Wildman–Crippen LogP) is 4.61. The van der Waals surface area contributed by atoms with Gasteiger partial charge < -0.3 is 10.1 Å². The molecule has 0 bridgehead atoms. The first-order chi connectivity index (χ1) is 15.4. The average molecular weight is 428 g/mol. The number of benzene rings is 3. The van der Waals surface area contributed by atoms with Gasteiger partial charge in [0.05, 0.1) is 30.3 Å². The number of rotatable bonds is 6. The lowest BCUT2D eigenvalue weighted by atomic mass is 10.0. The second-order valence-corrected chi connectivity index (χ2v) is 7.69. The van der Waals surface area contributed by atoms with Crippen molar-refractivity contribution in [2.75, 3.05) is 12.4 Å². The molecule has 6 heteroatoms. The quantitative estimate of drug-likeness (QED) is 0.582. The summed E-state index contributed by atoms with van der Waals surface area (Å²) in [5.41, 5.74) is 4.59. The minimum Gasteiger partial charge on any atom is -0.496 e. The minimum absolute atomic E-state index is 0.0706. The number of carbonyl (C=O) groups excluding carboxylic acids is 3. The number of nitrogens with one attached hydrogen (secondary N) is 1. The highest BCUT2D eigenvalue weighted by atomic mass is 16.5. The number of nitrogens with zero attached hydrogens (tertiary/aromatic N) is 1. The fraction of sp³-hybridized carbons (Fsp3) is 0.192. The van der Waals surface area contributed by atoms with Crippen LogP contribution in [0.2, 0.25) is 0 Å². The number of anilines is 1. The number of amides is 3. The second kappa shape index (κ2) is 8.67. The molecule has 1 aliphatic heterocycles. The maximum Gasteiger partial charge on any atom is 0.261 e. The van der Waals surface area contributed by atoms with E-state index in [9.17, 15) is 14.4 Å². The summed E-state index contributed by atoms with van der Waals surface area (Å²) in [4.78, 5) is 39.8. The summed E-state index contributed by atoms with van der Waals surface area (Å²) >= 11 is 0. The summed E-state index contributed by atoms with van der Waals surface area (Å²) in [6, 6.07) is 17.8. The van der Waals surface area contributed by atoms with E-state index in [0.717, 1.165) is 23.2 Å². The van der Waals surface area contributed by atoms with Gasteiger partial charge in [0.25, 0.3) is 17.7 Å². The van der Waals surface area contributed by atoms with Gasteiger partial charge in [0.2, 0.25) is 0 Å². The summed E-state index contributed by atoms with van der Waals surface area (Å²) in [6.07, 6.45) is 0.786. The first-order valence-corrected chi connectivity index (χ1v) is 10.5. The molecule has 1 N–H and O–H groups in total. The zero-order valence-electron chi connectivity index (χ0n) is 18.3. The van der Waals surface area contributed by atoms with Crippen LogP contribution in [-0.2, 0) is 13.0 Å². The van der Waals surface area contributed by atoms with E-state index < -0.39 is 0 Å². The largest absolute Gasteiger partial charge is 0.496 e. The van der Waals surface area contributed by atoms with Crippen molar-refractivity contribution in [3.63, 3.8) is 0 Å². The van der Waals surface area contributed by atoms with E-state index in [1.807, 2.05) is 32.0 Å². The smallest absolute Gasteiger partial charge is 0.261 e. The first-order valence-electron chi connectivity index (χ1n) is 10.5. The molecule has 0 atom stereocenters. The molecule has 32 heavy (non-hydrogen) atoms. The number of carbonyl (C=O) groups is 3. The van der Waals surface area contributed by atoms with Crippen molar-refractivity contribution in [3.05, 3.63) is 94.0 Å². The van der Waals surface area contributed by atoms with Crippen molar-refractivity contribution in [1.82, 2.24) is 4.90 Å². The molecule has 3 amide bonds. The SMILES string of the molecule is CCc1cccc(C)c1NC(=O)c1cc(CN2C(=O)c3ccccc3C2=O)ccc1OC. The van der Waals surface area contributed by atoms with Gasteiger partial charge in [0.1, 0.15) is 5.75 Å². The van der Waals surface area contributed by atoms with Crippen LogP contribution < -0.4 is 10.1 Å². The van der Waals surface area contributed by atoms with E-state index in [0.29, 0.717) is 28.0 Å². The fourth-order valence-corrected chi connectivity index (χ4v) is 3.98. The Bertz CT molecular complexity index is 1200. The van der Waals surface area contributed by atoms with Gasteiger partial charge in [0.15, 0.2) is 0 Å². The number of ether oxygens (including phenoxy) is 1. The van der Waals surface area contributed by atoms with Gasteiger partial charge in [-0.05, 0) is 54.3 Å². The normalized spacial score (nSPS) is 12.7. The van der Waals surface area contributed by atoms with Crippen LogP contribution in [0.25, 0.3) is 0 Å². The average Bonchev–Trinajstić information content (AvgIpc) is 3.05. The fourth-order valence-electron chi connectivity index (χ4n) is 3.98. The summed E-state index contributed by atoms with van der Waals surface area (Å²) in [6.45, 7) is 4.06. The number of hydrogen-bond acceptors (Lipinski definition) is 4. The van der Waals surface area contributed by atoms with E-state index in [-0.39, 0.29) is 24.3 Å². The van der Waals surface area contributed by atoms with Crippen LogP contribution in [0.1, 0.15) is 54.7 Å². The van der Waals surface area contributed by atoms with Crippen molar-refractivity contribution >= 4 is 23.4 Å². The Hall–Kier alpha value is -3.93. The molecule has 0 aliphatic carbocycles. The molecule has 4 rings (SSSR count). The van der Waals surface area contributed by atoms with Crippen LogP contribution in [0.5, 0.6) is 5.75 Å². The Morgan fingerprint density at radius 2 is 1.66 bits per heavy atom. The monoisotopic (exact) mass is 428 g/mol. The van der Waals surface area contributed by atoms with Gasteiger partial charge in [0, 0.05) is 5.69 Å². The molecule has 1 heterocycles. The number of hydrogen-bond donors (Lipinski definition) is 1. The molecule has 3 aromatic carbocycles. The number of para-hydroxylation sites is 1. The van der Waals surface area contributed by atoms with Crippen molar-refractivity contribution in [1.29, 1.82) is 0 Å². The second-order valence-electron chi connectivity index (χ2n) is 7.69. The third kappa shape index (κ3) is 3.75. The van der Waals surface area contributed by atoms with E-state index in [1.165, 1.54) is 12.0 Å². The van der Waals surface area contributed by atoms with E-state index in [4.69, 9.17) is 4.74 Å². The predicted molar refractivity (Wildman–Crippen MR) is 122 cm³/mol. The van der Waals surface area contributed by atoms with Crippen LogP contribution in [-0.4, -0.2) is 29.7 Å². The molecule has 0 unspecified atom stereocenters. The van der Waals surface area contributed by atoms with Gasteiger partial charge in [-0.2, -0.15) is 0 Å². The van der Waals surface area contributed by atoms with Crippen LogP contribution in [0.3, 0.4) is 0 Å². The van der Waals surface area contributed by atoms with Gasteiger partial charge in [-0.15, -0.1) is 0 Å². The number of imide groups is 1. The Labute approximate surface area is 186 Å². The van der Waals surface area contributed by atoms with E-state index in [2.05, 4.69) is 5.32 Å². The molecule has 3 aromatic rings. The third-order valence-corrected chi connectivity index (χ3v) is 5.71. The number of fused-ring (bicyclic) bond motifs is 1. The Morgan fingerprint density at radius 3 is 2.28 bits per heavy atom. The maximum atomic E-state index is 13.2. The van der Waals surface area contributed by atoms with Crippen LogP contribution in [0, 0.1) is 6.92 Å². The highest BCUT2D eigenvalue weighted by molar-refractivity contribution is 6.21. The van der Waals surface area contributed by atoms with Crippen molar-refractivity contribution in [3.8, 4) is 5.75 Å². The van der Waals surface area contributed by atoms with Crippen molar-refractivity contribution in [2.45, 2.75) is 26.8 Å². The summed E-state index contributed by atoms with van der Waals surface area (Å²) in [7, 11) is 1.50. The molecule has 0 spiro atoms. The van der Waals surface area contributed by atoms with E-state index in [1.54, 1.807) is 42.5 Å². The minimum atomic E-state index is -0.333. The lowest BCUT2D eigenvalue weighted by Gasteiger charge is -2.17. The zero-order chi connectivity index (χ0) is 22.8. The summed E-state index contributed by atoms with van der Waals surface area (Å²) in [5.74, 6) is -0.560. The molecule has 162 valence electrons. The van der Waals surface area contributed by atoms with Crippen molar-refractivity contribution < 1.29 is 19.1 Å². The van der Waals surface area contributed by atoms with Crippen LogP contribution in [0.15, 0.2) is 60.7 Å². The molecular weight excluding hydrogens is 404 g/mol. The standard InChI is InChI=1S/C26H24N2O4/c1-4-18-9-7-8-16(2)23(18)27-24(29)21-14-17(12-13-22(21)32-3)15-28-25(30)19-10-5-6-11-20(19)26(28)31/h5-14H,4,15H2,1-3H3,(H,27,29). The third-order valence-electron chi connectivity index (χ3n) is 5.71. The lowest BCUT2D eigenvalue weighted by Crippen LogP contribution is -2.29. The summed E-state index contributed by atoms with van der Waals surface area (Å²) < 4.78 is 5.40. The molecule has 0 aromatic heterocycles. The van der Waals surface area contributed by atoms with Gasteiger partial charge in [-0.3, -0.25) is 19.3 Å². The Kier molecular flexibility index (Phi) is 5.77. The topological polar surface area (TPSA) is 75.7 Å². The number of aryl methyl sites for hydroxylation is 2. The summed E-state index contributed by atoms with van der Waals surface area (Å²) in [5, 5.41) is 3.01. The molecule has 6 nitrogen and oxygen atoms in total. The highest BCUT2D eigenvalue weighted by Crippen LogP contribution is 2.28. The molecule has 0 saturated heterocycles. The van der Waals surface area contributed by atoms with Crippen LogP contribution >= 0.6 is 0 Å². The maximum absolute atomic E-state index is 13.2. The van der Waals surface area contributed by atoms with Crippen LogP contribution in [0.4, 0.5) is 5.69 Å². The molecule has 0 fully saturated rings. The van der Waals surface area contributed by atoms with E-state index >= 15 is 0 Å². The molecule has 0 radical (unpaired) electrons. The van der Waals surface area contributed by atoms with Gasteiger partial charge >= 0.3 is 0 Å². The molecule has 1 aliphatic rings. The zero-order valence-corrected chi connectivity index (χ0v) is 18.3. The highest BCUT2D eigenvalue weighted by Gasteiger charge is 2.35. The lowest BCUT2D eigenvalue weighted by molar-refractivity contribution is 0.0642. The number of methoxy groups -OCH3 is 1. The Morgan fingerprint density at radius 1 is 0.969 bits per heavy atom. The van der Waals surface area contributed by atoms with Gasteiger partial charge in [-0.25, -0.2) is 0 Å². The Balaban J connectivity index is 1.62. The van der Waals surface area contributed by atoms with Gasteiger partial charge in [-0.1, -0.05) is 43.3 Å². The first kappa shape index (κ1) is 21.3.